The third kappa shape index (κ3) is 2.64. The number of hydrogen-bond donors (Lipinski definition) is 0. The van der Waals surface area contributed by atoms with Gasteiger partial charge in [0.2, 0.25) is 0 Å². The highest BCUT2D eigenvalue weighted by molar-refractivity contribution is 9.09. The smallest absolute Gasteiger partial charge is 0.127 e. The molecule has 2 aromatic carbocycles. The molecule has 18 heavy (non-hydrogen) atoms. The van der Waals surface area contributed by atoms with E-state index < -0.39 is 0 Å². The van der Waals surface area contributed by atoms with E-state index in [9.17, 15) is 4.39 Å². The van der Waals surface area contributed by atoms with Crippen molar-refractivity contribution in [3.63, 3.8) is 0 Å². The fourth-order valence-corrected chi connectivity index (χ4v) is 2.59. The molecule has 2 heteroatoms. The number of aryl methyl sites for hydroxylation is 3. The van der Waals surface area contributed by atoms with Crippen LogP contribution in [0.15, 0.2) is 36.4 Å². The molecular formula is C16H16BrF. The van der Waals surface area contributed by atoms with Gasteiger partial charge in [0.05, 0.1) is 4.83 Å². The lowest BCUT2D eigenvalue weighted by Gasteiger charge is -2.14. The molecule has 0 aliphatic carbocycles. The van der Waals surface area contributed by atoms with Gasteiger partial charge in [0.15, 0.2) is 0 Å². The summed E-state index contributed by atoms with van der Waals surface area (Å²) in [6.07, 6.45) is 0. The molecule has 0 fully saturated rings. The number of rotatable bonds is 2. The van der Waals surface area contributed by atoms with Crippen molar-refractivity contribution in [2.45, 2.75) is 25.6 Å². The van der Waals surface area contributed by atoms with Crippen molar-refractivity contribution in [1.29, 1.82) is 0 Å². The summed E-state index contributed by atoms with van der Waals surface area (Å²) in [5, 5.41) is 0. The molecule has 0 aliphatic rings. The van der Waals surface area contributed by atoms with Gasteiger partial charge in [0, 0.05) is 5.56 Å². The van der Waals surface area contributed by atoms with Gasteiger partial charge in [-0.1, -0.05) is 51.8 Å². The molecule has 0 nitrogen and oxygen atoms in total. The molecule has 1 unspecified atom stereocenters. The predicted molar refractivity (Wildman–Crippen MR) is 77.8 cm³/mol. The van der Waals surface area contributed by atoms with E-state index in [2.05, 4.69) is 41.9 Å². The highest BCUT2D eigenvalue weighted by atomic mass is 79.9. The number of halogens is 2. The van der Waals surface area contributed by atoms with E-state index in [0.29, 0.717) is 5.56 Å². The third-order valence-electron chi connectivity index (χ3n) is 3.25. The van der Waals surface area contributed by atoms with E-state index in [0.717, 1.165) is 11.1 Å². The highest BCUT2D eigenvalue weighted by Crippen LogP contribution is 2.33. The Morgan fingerprint density at radius 3 is 2.33 bits per heavy atom. The first-order chi connectivity index (χ1) is 8.49. The molecule has 0 radical (unpaired) electrons. The quantitative estimate of drug-likeness (QED) is 0.666. The number of hydrogen-bond acceptors (Lipinski definition) is 0. The Kier molecular flexibility index (Phi) is 3.86. The minimum Gasteiger partial charge on any atom is -0.207 e. The van der Waals surface area contributed by atoms with Crippen LogP contribution in [0.4, 0.5) is 4.39 Å². The average Bonchev–Trinajstić information content (AvgIpc) is 2.35. The number of benzene rings is 2. The summed E-state index contributed by atoms with van der Waals surface area (Å²) in [6, 6.07) is 11.4. The predicted octanol–water partition coefficient (Wildman–Crippen LogP) is 5.24. The van der Waals surface area contributed by atoms with Crippen molar-refractivity contribution in [3.8, 4) is 0 Å². The standard InChI is InChI=1S/C16H16BrF/c1-10-4-7-15(18)14(8-10)16(17)13-6-5-11(2)12(3)9-13/h4-9,16H,1-3H3. The van der Waals surface area contributed by atoms with Crippen molar-refractivity contribution < 1.29 is 4.39 Å². The van der Waals surface area contributed by atoms with E-state index in [4.69, 9.17) is 0 Å². The van der Waals surface area contributed by atoms with Gasteiger partial charge in [0.25, 0.3) is 0 Å². The van der Waals surface area contributed by atoms with Crippen LogP contribution in [0.25, 0.3) is 0 Å². The average molecular weight is 307 g/mol. The maximum Gasteiger partial charge on any atom is 0.127 e. The molecule has 1 atom stereocenters. The summed E-state index contributed by atoms with van der Waals surface area (Å²) in [5.74, 6) is -0.166. The summed E-state index contributed by atoms with van der Waals surface area (Å²) in [7, 11) is 0. The van der Waals surface area contributed by atoms with Gasteiger partial charge in [0.1, 0.15) is 5.82 Å². The van der Waals surface area contributed by atoms with Crippen LogP contribution in [0.2, 0.25) is 0 Å². The topological polar surface area (TPSA) is 0 Å². The van der Waals surface area contributed by atoms with Crippen molar-refractivity contribution in [2.24, 2.45) is 0 Å². The molecule has 0 bridgehead atoms. The Morgan fingerprint density at radius 1 is 0.944 bits per heavy atom. The van der Waals surface area contributed by atoms with Crippen molar-refractivity contribution >= 4 is 15.9 Å². The monoisotopic (exact) mass is 306 g/mol. The van der Waals surface area contributed by atoms with Crippen molar-refractivity contribution in [1.82, 2.24) is 0 Å². The Hall–Kier alpha value is -1.15. The lowest BCUT2D eigenvalue weighted by atomic mass is 9.99. The zero-order valence-corrected chi connectivity index (χ0v) is 12.4. The zero-order chi connectivity index (χ0) is 13.3. The Morgan fingerprint density at radius 2 is 1.67 bits per heavy atom. The second-order valence-electron chi connectivity index (χ2n) is 4.73. The van der Waals surface area contributed by atoms with Crippen LogP contribution >= 0.6 is 15.9 Å². The summed E-state index contributed by atoms with van der Waals surface area (Å²) >= 11 is 3.60. The van der Waals surface area contributed by atoms with Gasteiger partial charge in [-0.2, -0.15) is 0 Å². The van der Waals surface area contributed by atoms with Gasteiger partial charge in [-0.05, 0) is 43.5 Å². The minimum absolute atomic E-state index is 0.100. The lowest BCUT2D eigenvalue weighted by molar-refractivity contribution is 0.613. The first-order valence-corrected chi connectivity index (χ1v) is 6.88. The SMILES string of the molecule is Cc1ccc(F)c(C(Br)c2ccc(C)c(C)c2)c1. The Balaban J connectivity index is 2.44. The first kappa shape index (κ1) is 13.3. The van der Waals surface area contributed by atoms with Crippen LogP contribution < -0.4 is 0 Å². The summed E-state index contributed by atoms with van der Waals surface area (Å²) in [4.78, 5) is -0.100. The van der Waals surface area contributed by atoms with Crippen LogP contribution in [0.1, 0.15) is 32.6 Å². The minimum atomic E-state index is -0.166. The summed E-state index contributed by atoms with van der Waals surface area (Å²) in [6.45, 7) is 6.13. The normalized spacial score (nSPS) is 12.5. The second-order valence-corrected chi connectivity index (χ2v) is 5.65. The lowest BCUT2D eigenvalue weighted by Crippen LogP contribution is -1.98. The molecule has 0 saturated heterocycles. The zero-order valence-electron chi connectivity index (χ0n) is 10.8. The van der Waals surface area contributed by atoms with Gasteiger partial charge in [-0.3, -0.25) is 0 Å². The van der Waals surface area contributed by atoms with Gasteiger partial charge < -0.3 is 0 Å². The van der Waals surface area contributed by atoms with Crippen LogP contribution in [-0.4, -0.2) is 0 Å². The second kappa shape index (κ2) is 5.23. The van der Waals surface area contributed by atoms with E-state index >= 15 is 0 Å². The first-order valence-electron chi connectivity index (χ1n) is 5.96. The molecule has 0 heterocycles. The molecule has 2 aromatic rings. The van der Waals surface area contributed by atoms with Crippen LogP contribution in [0.5, 0.6) is 0 Å². The molecular weight excluding hydrogens is 291 g/mol. The van der Waals surface area contributed by atoms with E-state index in [-0.39, 0.29) is 10.6 Å². The summed E-state index contributed by atoms with van der Waals surface area (Å²) < 4.78 is 13.9. The van der Waals surface area contributed by atoms with E-state index in [1.807, 2.05) is 19.1 Å². The highest BCUT2D eigenvalue weighted by Gasteiger charge is 2.15. The molecule has 0 amide bonds. The van der Waals surface area contributed by atoms with Gasteiger partial charge in [-0.25, -0.2) is 4.39 Å². The van der Waals surface area contributed by atoms with Crippen LogP contribution in [0, 0.1) is 26.6 Å². The van der Waals surface area contributed by atoms with Gasteiger partial charge >= 0.3 is 0 Å². The molecule has 0 saturated carbocycles. The fourth-order valence-electron chi connectivity index (χ4n) is 1.96. The maximum atomic E-state index is 13.9. The molecule has 0 N–H and O–H groups in total. The molecule has 0 spiro atoms. The molecule has 0 aliphatic heterocycles. The van der Waals surface area contributed by atoms with Crippen molar-refractivity contribution in [3.05, 3.63) is 70.0 Å². The van der Waals surface area contributed by atoms with Crippen LogP contribution in [-0.2, 0) is 0 Å². The van der Waals surface area contributed by atoms with Gasteiger partial charge in [-0.15, -0.1) is 0 Å². The summed E-state index contributed by atoms with van der Waals surface area (Å²) in [5.41, 5.74) is 5.33. The molecule has 94 valence electrons. The Labute approximate surface area is 116 Å². The largest absolute Gasteiger partial charge is 0.207 e. The van der Waals surface area contributed by atoms with E-state index in [1.54, 1.807) is 6.07 Å². The Bertz CT molecular complexity index is 575. The molecule has 2 rings (SSSR count). The number of alkyl halides is 1. The van der Waals surface area contributed by atoms with E-state index in [1.165, 1.54) is 17.2 Å². The van der Waals surface area contributed by atoms with Crippen molar-refractivity contribution in [2.75, 3.05) is 0 Å². The fraction of sp³-hybridized carbons (Fsp3) is 0.250. The van der Waals surface area contributed by atoms with Crippen LogP contribution in [0.3, 0.4) is 0 Å². The molecule has 0 aromatic heterocycles. The third-order valence-corrected chi connectivity index (χ3v) is 4.27. The maximum absolute atomic E-state index is 13.9.